The molecule has 0 bridgehead atoms. The molecule has 3 rings (SSSR count). The molecule has 1 fully saturated rings. The Hall–Kier alpha value is -1.88. The van der Waals surface area contributed by atoms with Crippen molar-refractivity contribution in [2.75, 3.05) is 25.0 Å². The number of hydrogen-bond donors (Lipinski definition) is 1. The molecule has 10 heteroatoms. The first kappa shape index (κ1) is 17.9. The number of carbonyl (C=O) groups is 1. The second-order valence-electron chi connectivity index (χ2n) is 5.69. The Labute approximate surface area is 149 Å². The molecule has 0 radical (unpaired) electrons. The van der Waals surface area contributed by atoms with Crippen LogP contribution < -0.4 is 5.32 Å². The number of morpholine rings is 1. The first-order valence-corrected chi connectivity index (χ1v) is 9.91. The van der Waals surface area contributed by atoms with E-state index >= 15 is 0 Å². The van der Waals surface area contributed by atoms with Gasteiger partial charge in [0, 0.05) is 20.0 Å². The number of rotatable bonds is 4. The Morgan fingerprint density at radius 3 is 2.72 bits per heavy atom. The van der Waals surface area contributed by atoms with Gasteiger partial charge in [0.2, 0.25) is 15.4 Å². The summed E-state index contributed by atoms with van der Waals surface area (Å²) in [7, 11) is -3.78. The van der Waals surface area contributed by atoms with E-state index in [0.29, 0.717) is 6.61 Å². The molecule has 1 saturated heterocycles. The van der Waals surface area contributed by atoms with Crippen LogP contribution in [0.4, 0.5) is 5.13 Å². The van der Waals surface area contributed by atoms with E-state index in [9.17, 15) is 13.2 Å². The number of sulfonamides is 1. The van der Waals surface area contributed by atoms with Crippen LogP contribution in [0.25, 0.3) is 0 Å². The molecule has 1 aromatic heterocycles. The van der Waals surface area contributed by atoms with Crippen LogP contribution in [0.3, 0.4) is 0 Å². The van der Waals surface area contributed by atoms with Crippen LogP contribution in [-0.2, 0) is 19.6 Å². The van der Waals surface area contributed by atoms with Gasteiger partial charge in [0.25, 0.3) is 10.0 Å². The minimum atomic E-state index is -3.78. The smallest absolute Gasteiger partial charge is 0.272 e. The maximum atomic E-state index is 12.8. The van der Waals surface area contributed by atoms with Gasteiger partial charge in [-0.05, 0) is 12.5 Å². The van der Waals surface area contributed by atoms with Gasteiger partial charge in [-0.3, -0.25) is 4.79 Å². The maximum absolute atomic E-state index is 12.8. The van der Waals surface area contributed by atoms with Crippen molar-refractivity contribution in [3.8, 4) is 0 Å². The lowest BCUT2D eigenvalue weighted by atomic mass is 10.1. The fraction of sp³-hybridized carbons (Fsp3) is 0.400. The van der Waals surface area contributed by atoms with Crippen LogP contribution in [0.1, 0.15) is 24.2 Å². The zero-order chi connectivity index (χ0) is 18.0. The summed E-state index contributed by atoms with van der Waals surface area (Å²) in [4.78, 5) is 11.0. The van der Waals surface area contributed by atoms with Gasteiger partial charge in [0.15, 0.2) is 0 Å². The topological polar surface area (TPSA) is 101 Å². The van der Waals surface area contributed by atoms with Crippen LogP contribution in [0.5, 0.6) is 0 Å². The SMILES string of the molecule is CC(=O)Nc1nnc(S(=O)(=O)N2CCOC(c3ccc(C)cc3)C2)s1. The number of aryl methyl sites for hydroxylation is 1. The highest BCUT2D eigenvalue weighted by Crippen LogP contribution is 2.29. The lowest BCUT2D eigenvalue weighted by Gasteiger charge is -2.31. The molecular formula is C15H18N4O4S2. The zero-order valence-corrected chi connectivity index (χ0v) is 15.4. The number of aromatic nitrogens is 2. The van der Waals surface area contributed by atoms with Crippen molar-refractivity contribution in [2.24, 2.45) is 0 Å². The third kappa shape index (κ3) is 4.03. The summed E-state index contributed by atoms with van der Waals surface area (Å²) in [5.74, 6) is -0.328. The van der Waals surface area contributed by atoms with Crippen molar-refractivity contribution >= 4 is 32.4 Å². The maximum Gasteiger partial charge on any atom is 0.272 e. The van der Waals surface area contributed by atoms with Gasteiger partial charge in [0.05, 0.1) is 12.7 Å². The molecule has 1 aromatic carbocycles. The summed E-state index contributed by atoms with van der Waals surface area (Å²) in [5, 5.41) is 10.0. The molecule has 134 valence electrons. The molecule has 1 atom stereocenters. The van der Waals surface area contributed by atoms with E-state index in [1.165, 1.54) is 11.2 Å². The number of nitrogens with one attached hydrogen (secondary N) is 1. The predicted molar refractivity (Wildman–Crippen MR) is 92.8 cm³/mol. The quantitative estimate of drug-likeness (QED) is 0.806. The number of ether oxygens (including phenoxy) is 1. The van der Waals surface area contributed by atoms with Crippen molar-refractivity contribution in [3.05, 3.63) is 35.4 Å². The van der Waals surface area contributed by atoms with E-state index < -0.39 is 10.0 Å². The van der Waals surface area contributed by atoms with E-state index in [2.05, 4.69) is 15.5 Å². The predicted octanol–water partition coefficient (Wildman–Crippen LogP) is 1.57. The monoisotopic (exact) mass is 382 g/mol. The number of carbonyl (C=O) groups excluding carboxylic acids is 1. The van der Waals surface area contributed by atoms with E-state index in [1.54, 1.807) is 0 Å². The average molecular weight is 382 g/mol. The molecule has 2 heterocycles. The van der Waals surface area contributed by atoms with Crippen molar-refractivity contribution in [1.82, 2.24) is 14.5 Å². The second kappa shape index (κ2) is 7.16. The number of amides is 1. The molecule has 1 aliphatic rings. The normalized spacial score (nSPS) is 18.9. The lowest BCUT2D eigenvalue weighted by molar-refractivity contribution is -0.114. The first-order valence-electron chi connectivity index (χ1n) is 7.65. The Morgan fingerprint density at radius 2 is 2.04 bits per heavy atom. The molecule has 1 unspecified atom stereocenters. The number of anilines is 1. The van der Waals surface area contributed by atoms with Crippen LogP contribution in [0.15, 0.2) is 28.6 Å². The van der Waals surface area contributed by atoms with Crippen LogP contribution in [0, 0.1) is 6.92 Å². The average Bonchev–Trinajstić information content (AvgIpc) is 3.04. The molecule has 8 nitrogen and oxygen atoms in total. The van der Waals surface area contributed by atoms with Gasteiger partial charge in [-0.2, -0.15) is 4.31 Å². The van der Waals surface area contributed by atoms with Crippen LogP contribution >= 0.6 is 11.3 Å². The van der Waals surface area contributed by atoms with Crippen molar-refractivity contribution in [3.63, 3.8) is 0 Å². The minimum absolute atomic E-state index is 0.138. The number of nitrogens with zero attached hydrogens (tertiary/aromatic N) is 3. The third-order valence-corrected chi connectivity index (χ3v) is 6.78. The van der Waals surface area contributed by atoms with E-state index in [4.69, 9.17) is 4.74 Å². The van der Waals surface area contributed by atoms with Gasteiger partial charge in [-0.1, -0.05) is 41.2 Å². The Morgan fingerprint density at radius 1 is 1.32 bits per heavy atom. The summed E-state index contributed by atoms with van der Waals surface area (Å²) in [6.07, 6.45) is -0.327. The standard InChI is InChI=1S/C15H18N4O4S2/c1-10-3-5-12(6-4-10)13-9-19(7-8-23-13)25(21,22)15-18-17-14(24-15)16-11(2)20/h3-6,13H,7-9H2,1-2H3,(H,16,17,20). The van der Waals surface area contributed by atoms with Crippen molar-refractivity contribution in [1.29, 1.82) is 0 Å². The highest BCUT2D eigenvalue weighted by molar-refractivity contribution is 7.91. The molecule has 2 aromatic rings. The molecule has 1 amide bonds. The first-order chi connectivity index (χ1) is 11.9. The van der Waals surface area contributed by atoms with E-state index in [1.807, 2.05) is 31.2 Å². The van der Waals surface area contributed by atoms with Gasteiger partial charge < -0.3 is 10.1 Å². The largest absolute Gasteiger partial charge is 0.371 e. The Balaban J connectivity index is 1.78. The molecule has 0 saturated carbocycles. The summed E-state index contributed by atoms with van der Waals surface area (Å²) in [6.45, 7) is 4.07. The van der Waals surface area contributed by atoms with Crippen LogP contribution in [0.2, 0.25) is 0 Å². The van der Waals surface area contributed by atoms with Crippen LogP contribution in [-0.4, -0.2) is 48.5 Å². The number of benzene rings is 1. The van der Waals surface area contributed by atoms with Crippen molar-refractivity contribution in [2.45, 2.75) is 24.3 Å². The van der Waals surface area contributed by atoms with Crippen molar-refractivity contribution < 1.29 is 17.9 Å². The number of hydrogen-bond acceptors (Lipinski definition) is 7. The summed E-state index contributed by atoms with van der Waals surface area (Å²) in [6, 6.07) is 7.82. The summed E-state index contributed by atoms with van der Waals surface area (Å²) in [5.41, 5.74) is 2.06. The fourth-order valence-corrected chi connectivity index (χ4v) is 4.96. The molecular weight excluding hydrogens is 364 g/mol. The van der Waals surface area contributed by atoms with E-state index in [-0.39, 0.29) is 34.6 Å². The summed E-state index contributed by atoms with van der Waals surface area (Å²) >= 11 is 0.836. The van der Waals surface area contributed by atoms with Gasteiger partial charge in [-0.15, -0.1) is 10.2 Å². The minimum Gasteiger partial charge on any atom is -0.371 e. The third-order valence-electron chi connectivity index (χ3n) is 3.73. The molecule has 0 spiro atoms. The molecule has 0 aliphatic carbocycles. The molecule has 25 heavy (non-hydrogen) atoms. The lowest BCUT2D eigenvalue weighted by Crippen LogP contribution is -2.42. The molecule has 1 N–H and O–H groups in total. The Kier molecular flexibility index (Phi) is 5.13. The van der Waals surface area contributed by atoms with Gasteiger partial charge >= 0.3 is 0 Å². The summed E-state index contributed by atoms with van der Waals surface area (Å²) < 4.78 is 32.5. The van der Waals surface area contributed by atoms with Gasteiger partial charge in [0.1, 0.15) is 0 Å². The second-order valence-corrected chi connectivity index (χ2v) is 8.78. The zero-order valence-electron chi connectivity index (χ0n) is 13.8. The van der Waals surface area contributed by atoms with Gasteiger partial charge in [-0.25, -0.2) is 8.42 Å². The molecule has 1 aliphatic heterocycles. The highest BCUT2D eigenvalue weighted by Gasteiger charge is 2.34. The Bertz CT molecular complexity index is 864. The van der Waals surface area contributed by atoms with E-state index in [0.717, 1.165) is 22.5 Å². The highest BCUT2D eigenvalue weighted by atomic mass is 32.2. The fourth-order valence-electron chi connectivity index (χ4n) is 2.45.